The number of hydrogen-bond donors (Lipinski definition) is 1. The van der Waals surface area contributed by atoms with E-state index < -0.39 is 0 Å². The van der Waals surface area contributed by atoms with Crippen LogP contribution in [-0.2, 0) is 10.2 Å². The Kier molecular flexibility index (Phi) is 3.19. The summed E-state index contributed by atoms with van der Waals surface area (Å²) < 4.78 is 1.70. The van der Waals surface area contributed by atoms with Gasteiger partial charge in [-0.3, -0.25) is 9.78 Å². The van der Waals surface area contributed by atoms with Crippen molar-refractivity contribution in [2.45, 2.75) is 18.3 Å². The molecule has 0 spiro atoms. The van der Waals surface area contributed by atoms with E-state index in [9.17, 15) is 4.79 Å². The van der Waals surface area contributed by atoms with E-state index in [-0.39, 0.29) is 11.3 Å². The first-order valence-electron chi connectivity index (χ1n) is 7.61. The molecule has 1 fully saturated rings. The summed E-state index contributed by atoms with van der Waals surface area (Å²) in [5.41, 5.74) is 1.54. The maximum atomic E-state index is 12.7. The van der Waals surface area contributed by atoms with Crippen LogP contribution in [0.2, 0.25) is 0 Å². The summed E-state index contributed by atoms with van der Waals surface area (Å²) in [6.45, 7) is 0. The molecule has 23 heavy (non-hydrogen) atoms. The molecule has 0 atom stereocenters. The minimum absolute atomic E-state index is 0.0140. The molecule has 1 N–H and O–H groups in total. The van der Waals surface area contributed by atoms with Crippen molar-refractivity contribution < 1.29 is 4.79 Å². The zero-order valence-corrected chi connectivity index (χ0v) is 12.5. The standard InChI is InChI=1S/C18H16N4O/c23-17(18(9-10-18)14-5-2-1-3-6-14)20-16-8-12-22(21-16)15-7-4-11-19-13-15/h1-8,11-13H,9-10H2,(H,20,21,23). The van der Waals surface area contributed by atoms with E-state index in [4.69, 9.17) is 0 Å². The number of hydrogen-bond acceptors (Lipinski definition) is 3. The molecule has 5 nitrogen and oxygen atoms in total. The summed E-state index contributed by atoms with van der Waals surface area (Å²) in [6.07, 6.45) is 7.02. The molecule has 0 radical (unpaired) electrons. The molecule has 5 heteroatoms. The molecule has 1 saturated carbocycles. The van der Waals surface area contributed by atoms with Crippen molar-refractivity contribution in [1.82, 2.24) is 14.8 Å². The number of anilines is 1. The van der Waals surface area contributed by atoms with Crippen molar-refractivity contribution >= 4 is 11.7 Å². The number of rotatable bonds is 4. The highest BCUT2D eigenvalue weighted by Gasteiger charge is 2.51. The number of aromatic nitrogens is 3. The number of amides is 1. The summed E-state index contributed by atoms with van der Waals surface area (Å²) in [5, 5.41) is 7.34. The van der Waals surface area contributed by atoms with Crippen LogP contribution in [-0.4, -0.2) is 20.7 Å². The minimum atomic E-state index is -0.390. The van der Waals surface area contributed by atoms with E-state index in [0.717, 1.165) is 24.1 Å². The van der Waals surface area contributed by atoms with E-state index in [2.05, 4.69) is 15.4 Å². The molecule has 1 aliphatic carbocycles. The maximum Gasteiger partial charge on any atom is 0.236 e. The second kappa shape index (κ2) is 5.35. The van der Waals surface area contributed by atoms with Gasteiger partial charge in [-0.15, -0.1) is 0 Å². The van der Waals surface area contributed by atoms with E-state index in [1.165, 1.54) is 0 Å². The van der Waals surface area contributed by atoms with Crippen molar-refractivity contribution in [2.75, 3.05) is 5.32 Å². The number of pyridine rings is 1. The predicted molar refractivity (Wildman–Crippen MR) is 87.3 cm³/mol. The van der Waals surface area contributed by atoms with E-state index in [1.54, 1.807) is 23.1 Å². The van der Waals surface area contributed by atoms with E-state index in [0.29, 0.717) is 5.82 Å². The Morgan fingerprint density at radius 3 is 2.61 bits per heavy atom. The Morgan fingerprint density at radius 2 is 1.91 bits per heavy atom. The molecule has 4 rings (SSSR count). The van der Waals surface area contributed by atoms with E-state index in [1.807, 2.05) is 48.7 Å². The number of benzene rings is 1. The van der Waals surface area contributed by atoms with Gasteiger partial charge in [-0.2, -0.15) is 5.10 Å². The highest BCUT2D eigenvalue weighted by atomic mass is 16.2. The number of nitrogens with one attached hydrogen (secondary N) is 1. The molecule has 0 aliphatic heterocycles. The number of carbonyl (C=O) groups is 1. The van der Waals surface area contributed by atoms with Crippen molar-refractivity contribution in [3.8, 4) is 5.69 Å². The highest BCUT2D eigenvalue weighted by molar-refractivity contribution is 6.00. The van der Waals surface area contributed by atoms with Crippen LogP contribution in [0.15, 0.2) is 67.1 Å². The normalized spacial score (nSPS) is 15.1. The molecular formula is C18H16N4O. The minimum Gasteiger partial charge on any atom is -0.308 e. The lowest BCUT2D eigenvalue weighted by atomic mass is 9.95. The quantitative estimate of drug-likeness (QED) is 0.806. The fourth-order valence-electron chi connectivity index (χ4n) is 2.79. The van der Waals surface area contributed by atoms with Crippen molar-refractivity contribution in [3.63, 3.8) is 0 Å². The molecule has 0 unspecified atom stereocenters. The monoisotopic (exact) mass is 304 g/mol. The Balaban J connectivity index is 1.53. The second-order valence-electron chi connectivity index (χ2n) is 5.76. The van der Waals surface area contributed by atoms with Crippen LogP contribution in [0.25, 0.3) is 5.69 Å². The van der Waals surface area contributed by atoms with Crippen LogP contribution in [0.4, 0.5) is 5.82 Å². The maximum absolute atomic E-state index is 12.7. The average molecular weight is 304 g/mol. The molecule has 3 aromatic rings. The lowest BCUT2D eigenvalue weighted by Crippen LogP contribution is -2.28. The van der Waals surface area contributed by atoms with E-state index >= 15 is 0 Å². The van der Waals surface area contributed by atoms with Gasteiger partial charge < -0.3 is 5.32 Å². The third-order valence-electron chi connectivity index (χ3n) is 4.25. The Labute approximate surface area is 134 Å². The highest BCUT2D eigenvalue weighted by Crippen LogP contribution is 2.48. The van der Waals surface area contributed by atoms with Gasteiger partial charge in [-0.05, 0) is 30.5 Å². The molecule has 1 amide bonds. The smallest absolute Gasteiger partial charge is 0.236 e. The van der Waals surface area contributed by atoms with Gasteiger partial charge in [0.1, 0.15) is 0 Å². The lowest BCUT2D eigenvalue weighted by molar-refractivity contribution is -0.118. The van der Waals surface area contributed by atoms with Gasteiger partial charge in [0, 0.05) is 18.5 Å². The first-order valence-corrected chi connectivity index (χ1v) is 7.61. The summed E-state index contributed by atoms with van der Waals surface area (Å²) >= 11 is 0. The SMILES string of the molecule is O=C(Nc1ccn(-c2cccnc2)n1)C1(c2ccccc2)CC1. The number of nitrogens with zero attached hydrogens (tertiary/aromatic N) is 3. The molecular weight excluding hydrogens is 288 g/mol. The number of carbonyl (C=O) groups excluding carboxylic acids is 1. The van der Waals surface area contributed by atoms with Crippen molar-refractivity contribution in [3.05, 3.63) is 72.7 Å². The van der Waals surface area contributed by atoms with Gasteiger partial charge in [-0.1, -0.05) is 30.3 Å². The largest absolute Gasteiger partial charge is 0.308 e. The molecule has 1 aliphatic rings. The second-order valence-corrected chi connectivity index (χ2v) is 5.76. The fourth-order valence-corrected chi connectivity index (χ4v) is 2.79. The average Bonchev–Trinajstić information content (AvgIpc) is 3.30. The van der Waals surface area contributed by atoms with Crippen LogP contribution in [0.5, 0.6) is 0 Å². The van der Waals surface area contributed by atoms with Crippen LogP contribution in [0.1, 0.15) is 18.4 Å². The fraction of sp³-hybridized carbons (Fsp3) is 0.167. The predicted octanol–water partition coefficient (Wildman–Crippen LogP) is 2.94. The summed E-state index contributed by atoms with van der Waals surface area (Å²) in [6, 6.07) is 15.5. The third kappa shape index (κ3) is 2.50. The lowest BCUT2D eigenvalue weighted by Gasteiger charge is -2.14. The Morgan fingerprint density at radius 1 is 1.09 bits per heavy atom. The Hall–Kier alpha value is -2.95. The van der Waals surface area contributed by atoms with Gasteiger partial charge in [0.25, 0.3) is 0 Å². The van der Waals surface area contributed by atoms with Crippen LogP contribution in [0, 0.1) is 0 Å². The zero-order valence-electron chi connectivity index (χ0n) is 12.5. The van der Waals surface area contributed by atoms with Crippen LogP contribution >= 0.6 is 0 Å². The Bertz CT molecular complexity index is 822. The first-order chi connectivity index (χ1) is 11.3. The molecule has 0 saturated heterocycles. The topological polar surface area (TPSA) is 59.8 Å². The van der Waals surface area contributed by atoms with Gasteiger partial charge in [0.15, 0.2) is 5.82 Å². The zero-order chi connectivity index (χ0) is 15.7. The third-order valence-corrected chi connectivity index (χ3v) is 4.25. The molecule has 114 valence electrons. The summed E-state index contributed by atoms with van der Waals surface area (Å²) in [4.78, 5) is 16.7. The first kappa shape index (κ1) is 13.7. The van der Waals surface area contributed by atoms with Gasteiger partial charge in [0.05, 0.1) is 17.3 Å². The van der Waals surface area contributed by atoms with Crippen LogP contribution < -0.4 is 5.32 Å². The molecule has 2 heterocycles. The van der Waals surface area contributed by atoms with Gasteiger partial charge in [-0.25, -0.2) is 4.68 Å². The summed E-state index contributed by atoms with van der Waals surface area (Å²) in [5.74, 6) is 0.571. The molecule has 0 bridgehead atoms. The van der Waals surface area contributed by atoms with Crippen molar-refractivity contribution in [1.29, 1.82) is 0 Å². The van der Waals surface area contributed by atoms with Gasteiger partial charge >= 0.3 is 0 Å². The van der Waals surface area contributed by atoms with Crippen LogP contribution in [0.3, 0.4) is 0 Å². The van der Waals surface area contributed by atoms with Gasteiger partial charge in [0.2, 0.25) is 5.91 Å². The summed E-state index contributed by atoms with van der Waals surface area (Å²) in [7, 11) is 0. The van der Waals surface area contributed by atoms with Crippen molar-refractivity contribution in [2.24, 2.45) is 0 Å². The molecule has 1 aromatic carbocycles. The molecule has 2 aromatic heterocycles.